The first-order chi connectivity index (χ1) is 12.0. The minimum Gasteiger partial charge on any atom is -0.390 e. The largest absolute Gasteiger partial charge is 0.390 e. The molecule has 2 aliphatic rings. The molecule has 2 saturated heterocycles. The van der Waals surface area contributed by atoms with Gasteiger partial charge in [-0.25, -0.2) is 4.98 Å². The summed E-state index contributed by atoms with van der Waals surface area (Å²) in [5.74, 6) is 1.42. The third kappa shape index (κ3) is 3.13. The van der Waals surface area contributed by atoms with E-state index in [1.807, 2.05) is 17.5 Å². The Hall–Kier alpha value is -1.66. The molecule has 0 amide bonds. The quantitative estimate of drug-likeness (QED) is 0.926. The van der Waals surface area contributed by atoms with E-state index in [9.17, 15) is 5.11 Å². The third-order valence-electron chi connectivity index (χ3n) is 5.58. The van der Waals surface area contributed by atoms with Crippen molar-refractivity contribution in [1.82, 2.24) is 19.5 Å². The summed E-state index contributed by atoms with van der Waals surface area (Å²) in [5, 5.41) is 15.3. The summed E-state index contributed by atoms with van der Waals surface area (Å²) in [6.45, 7) is 10.1. The monoisotopic (exact) mass is 343 g/mol. The number of likely N-dealkylation sites (tertiary alicyclic amines) is 1. The molecule has 6 nitrogen and oxygen atoms in total. The van der Waals surface area contributed by atoms with Gasteiger partial charge in [0.2, 0.25) is 0 Å². The van der Waals surface area contributed by atoms with Crippen LogP contribution in [0.1, 0.15) is 50.4 Å². The van der Waals surface area contributed by atoms with E-state index in [4.69, 9.17) is 4.98 Å². The van der Waals surface area contributed by atoms with E-state index in [2.05, 4.69) is 34.8 Å². The number of hydrogen-bond donors (Lipinski definition) is 1. The molecule has 2 unspecified atom stereocenters. The maximum absolute atomic E-state index is 10.7. The lowest BCUT2D eigenvalue weighted by Crippen LogP contribution is -2.45. The lowest BCUT2D eigenvalue weighted by Gasteiger charge is -2.33. The predicted molar refractivity (Wildman–Crippen MR) is 99.2 cm³/mol. The van der Waals surface area contributed by atoms with Crippen LogP contribution in [-0.2, 0) is 0 Å². The number of fused-ring (bicyclic) bond motifs is 1. The summed E-state index contributed by atoms with van der Waals surface area (Å²) < 4.78 is 1.94. The summed E-state index contributed by atoms with van der Waals surface area (Å²) in [6, 6.07) is 4.40. The normalized spacial score (nSPS) is 25.4. The zero-order chi connectivity index (χ0) is 17.6. The van der Waals surface area contributed by atoms with Gasteiger partial charge in [-0.05, 0) is 38.8 Å². The molecule has 0 saturated carbocycles. The van der Waals surface area contributed by atoms with Crippen molar-refractivity contribution in [2.45, 2.75) is 58.1 Å². The maximum Gasteiger partial charge on any atom is 0.157 e. The Bertz CT molecular complexity index is 750. The van der Waals surface area contributed by atoms with Crippen molar-refractivity contribution in [1.29, 1.82) is 0 Å². The molecule has 0 spiro atoms. The van der Waals surface area contributed by atoms with Crippen molar-refractivity contribution < 1.29 is 5.11 Å². The van der Waals surface area contributed by atoms with Gasteiger partial charge < -0.3 is 10.0 Å². The fraction of sp³-hybridized carbons (Fsp3) is 0.684. The average molecular weight is 343 g/mol. The Morgan fingerprint density at radius 2 is 1.88 bits per heavy atom. The average Bonchev–Trinajstić information content (AvgIpc) is 3.16. The fourth-order valence-corrected chi connectivity index (χ4v) is 4.18. The van der Waals surface area contributed by atoms with Crippen molar-refractivity contribution in [2.24, 2.45) is 0 Å². The van der Waals surface area contributed by atoms with Gasteiger partial charge in [-0.2, -0.15) is 9.61 Å². The highest BCUT2D eigenvalue weighted by Gasteiger charge is 2.37. The summed E-state index contributed by atoms with van der Waals surface area (Å²) >= 11 is 0. The number of anilines is 1. The Balaban J connectivity index is 1.67. The van der Waals surface area contributed by atoms with Crippen LogP contribution in [-0.4, -0.2) is 62.9 Å². The highest BCUT2D eigenvalue weighted by atomic mass is 16.3. The molecule has 2 aliphatic heterocycles. The van der Waals surface area contributed by atoms with Crippen LogP contribution in [0.2, 0.25) is 0 Å². The number of aliphatic hydroxyl groups is 1. The number of aryl methyl sites for hydroxylation is 1. The van der Waals surface area contributed by atoms with E-state index in [0.29, 0.717) is 12.5 Å². The number of nitrogens with zero attached hydrogens (tertiary/aromatic N) is 5. The van der Waals surface area contributed by atoms with Gasteiger partial charge in [0.25, 0.3) is 0 Å². The Kier molecular flexibility index (Phi) is 4.41. The van der Waals surface area contributed by atoms with Crippen LogP contribution < -0.4 is 4.90 Å². The molecule has 6 heteroatoms. The SMILES string of the molecule is Cc1cc2nc(C(C)C)cc(N3CC(O)C(N4CCCCC4)C3)n2n1. The standard InChI is InChI=1S/C19H29N5O/c1-13(2)15-10-19(24-18(20-15)9-14(3)21-24)23-11-16(17(25)12-23)22-7-5-4-6-8-22/h9-10,13,16-17,25H,4-8,11-12H2,1-3H3. The maximum atomic E-state index is 10.7. The van der Waals surface area contributed by atoms with Crippen LogP contribution in [0.3, 0.4) is 0 Å². The van der Waals surface area contributed by atoms with Gasteiger partial charge in [0.1, 0.15) is 5.82 Å². The smallest absolute Gasteiger partial charge is 0.157 e. The zero-order valence-electron chi connectivity index (χ0n) is 15.5. The Labute approximate surface area is 149 Å². The Morgan fingerprint density at radius 1 is 1.12 bits per heavy atom. The van der Waals surface area contributed by atoms with Gasteiger partial charge in [-0.15, -0.1) is 0 Å². The molecule has 2 fully saturated rings. The molecule has 136 valence electrons. The molecule has 0 aliphatic carbocycles. The van der Waals surface area contributed by atoms with Crippen LogP contribution in [0.4, 0.5) is 5.82 Å². The number of hydrogen-bond acceptors (Lipinski definition) is 5. The first-order valence-electron chi connectivity index (χ1n) is 9.57. The number of aromatic nitrogens is 3. The van der Waals surface area contributed by atoms with Gasteiger partial charge >= 0.3 is 0 Å². The van der Waals surface area contributed by atoms with E-state index in [1.54, 1.807) is 0 Å². The lowest BCUT2D eigenvalue weighted by atomic mass is 10.1. The summed E-state index contributed by atoms with van der Waals surface area (Å²) in [4.78, 5) is 9.52. The molecular formula is C19H29N5O. The van der Waals surface area contributed by atoms with Crippen molar-refractivity contribution in [3.8, 4) is 0 Å². The van der Waals surface area contributed by atoms with Crippen molar-refractivity contribution in [2.75, 3.05) is 31.1 Å². The van der Waals surface area contributed by atoms with Gasteiger partial charge in [0.15, 0.2) is 5.65 Å². The topological polar surface area (TPSA) is 56.9 Å². The molecule has 4 heterocycles. The molecule has 0 bridgehead atoms. The molecule has 25 heavy (non-hydrogen) atoms. The minimum absolute atomic E-state index is 0.225. The molecule has 2 aromatic rings. The van der Waals surface area contributed by atoms with Crippen molar-refractivity contribution >= 4 is 11.5 Å². The van der Waals surface area contributed by atoms with Crippen LogP contribution in [0.5, 0.6) is 0 Å². The van der Waals surface area contributed by atoms with Gasteiger partial charge in [-0.1, -0.05) is 20.3 Å². The Morgan fingerprint density at radius 3 is 2.60 bits per heavy atom. The summed E-state index contributed by atoms with van der Waals surface area (Å²) in [6.07, 6.45) is 3.51. The van der Waals surface area contributed by atoms with E-state index >= 15 is 0 Å². The van der Waals surface area contributed by atoms with E-state index in [-0.39, 0.29) is 12.1 Å². The summed E-state index contributed by atoms with van der Waals surface area (Å²) in [7, 11) is 0. The first kappa shape index (κ1) is 16.8. The fourth-order valence-electron chi connectivity index (χ4n) is 4.18. The van der Waals surface area contributed by atoms with Crippen LogP contribution in [0, 0.1) is 6.92 Å². The van der Waals surface area contributed by atoms with Gasteiger partial charge in [0, 0.05) is 30.9 Å². The second-order valence-corrected chi connectivity index (χ2v) is 7.89. The predicted octanol–water partition coefficient (Wildman–Crippen LogP) is 2.20. The van der Waals surface area contributed by atoms with E-state index in [1.165, 1.54) is 19.3 Å². The van der Waals surface area contributed by atoms with Crippen LogP contribution >= 0.6 is 0 Å². The van der Waals surface area contributed by atoms with Crippen molar-refractivity contribution in [3.05, 3.63) is 23.5 Å². The lowest BCUT2D eigenvalue weighted by molar-refractivity contribution is 0.0706. The van der Waals surface area contributed by atoms with Gasteiger partial charge in [0.05, 0.1) is 17.8 Å². The third-order valence-corrected chi connectivity index (χ3v) is 5.58. The molecule has 2 aromatic heterocycles. The molecular weight excluding hydrogens is 314 g/mol. The molecule has 0 radical (unpaired) electrons. The summed E-state index contributed by atoms with van der Waals surface area (Å²) in [5.41, 5.74) is 2.95. The molecule has 2 atom stereocenters. The van der Waals surface area contributed by atoms with E-state index in [0.717, 1.165) is 42.5 Å². The first-order valence-corrected chi connectivity index (χ1v) is 9.57. The van der Waals surface area contributed by atoms with Crippen LogP contribution in [0.15, 0.2) is 12.1 Å². The zero-order valence-corrected chi connectivity index (χ0v) is 15.5. The van der Waals surface area contributed by atoms with Crippen molar-refractivity contribution in [3.63, 3.8) is 0 Å². The number of β-amino-alcohol motifs (C(OH)–C–C–N with tert-alkyl or cyclic N) is 1. The number of aliphatic hydroxyl groups excluding tert-OH is 1. The highest BCUT2D eigenvalue weighted by molar-refractivity contribution is 5.53. The molecule has 4 rings (SSSR count). The second-order valence-electron chi connectivity index (χ2n) is 7.89. The molecule has 1 N–H and O–H groups in total. The molecule has 0 aromatic carbocycles. The minimum atomic E-state index is -0.305. The van der Waals surface area contributed by atoms with Crippen LogP contribution in [0.25, 0.3) is 5.65 Å². The second kappa shape index (κ2) is 6.57. The van der Waals surface area contributed by atoms with Gasteiger partial charge in [-0.3, -0.25) is 4.90 Å². The van der Waals surface area contributed by atoms with E-state index < -0.39 is 0 Å². The highest BCUT2D eigenvalue weighted by Crippen LogP contribution is 2.28. The number of piperidine rings is 1. The number of rotatable bonds is 3.